The number of nitrogens with one attached hydrogen (secondary N) is 1. The predicted octanol–water partition coefficient (Wildman–Crippen LogP) is 3.75. The van der Waals surface area contributed by atoms with Crippen LogP contribution in [0.3, 0.4) is 0 Å². The summed E-state index contributed by atoms with van der Waals surface area (Å²) in [6.07, 6.45) is 2.97. The van der Waals surface area contributed by atoms with Crippen molar-refractivity contribution in [3.05, 3.63) is 45.9 Å². The van der Waals surface area contributed by atoms with Crippen molar-refractivity contribution < 1.29 is 0 Å². The molecule has 4 heteroatoms. The standard InChI is InChI=1S/C14H15N3S/c1-3-13-9-16-14(18-13)10(2)17-12-6-4-11(8-15)5-7-12/h4-7,9-10,17H,3H2,1-2H3. The van der Waals surface area contributed by atoms with Gasteiger partial charge >= 0.3 is 0 Å². The first-order valence-corrected chi connectivity index (χ1v) is 6.76. The molecule has 0 aliphatic rings. The smallest absolute Gasteiger partial charge is 0.115 e. The van der Waals surface area contributed by atoms with Gasteiger partial charge in [0.15, 0.2) is 0 Å². The van der Waals surface area contributed by atoms with Crippen LogP contribution < -0.4 is 5.32 Å². The highest BCUT2D eigenvalue weighted by atomic mass is 32.1. The van der Waals surface area contributed by atoms with Crippen LogP contribution in [0.2, 0.25) is 0 Å². The van der Waals surface area contributed by atoms with Gasteiger partial charge in [0.2, 0.25) is 0 Å². The van der Waals surface area contributed by atoms with Crippen molar-refractivity contribution in [1.82, 2.24) is 4.98 Å². The van der Waals surface area contributed by atoms with E-state index in [2.05, 4.69) is 30.2 Å². The maximum absolute atomic E-state index is 8.74. The van der Waals surface area contributed by atoms with Crippen LogP contribution in [0.4, 0.5) is 5.69 Å². The van der Waals surface area contributed by atoms with Crippen LogP contribution in [0.1, 0.15) is 35.3 Å². The second-order valence-electron chi connectivity index (χ2n) is 4.07. The van der Waals surface area contributed by atoms with Crippen LogP contribution >= 0.6 is 11.3 Å². The molecule has 2 rings (SSSR count). The minimum atomic E-state index is 0.184. The average molecular weight is 257 g/mol. The number of thiazole rings is 1. The zero-order chi connectivity index (χ0) is 13.0. The fourth-order valence-electron chi connectivity index (χ4n) is 1.64. The van der Waals surface area contributed by atoms with Gasteiger partial charge in [-0.1, -0.05) is 6.92 Å². The van der Waals surface area contributed by atoms with Crippen LogP contribution in [0.25, 0.3) is 0 Å². The predicted molar refractivity (Wildman–Crippen MR) is 74.7 cm³/mol. The van der Waals surface area contributed by atoms with E-state index in [1.807, 2.05) is 30.5 Å². The molecular weight excluding hydrogens is 242 g/mol. The maximum atomic E-state index is 8.74. The summed E-state index contributed by atoms with van der Waals surface area (Å²) in [5.41, 5.74) is 1.69. The van der Waals surface area contributed by atoms with Gasteiger partial charge in [-0.05, 0) is 37.6 Å². The van der Waals surface area contributed by atoms with Crippen LogP contribution in [-0.4, -0.2) is 4.98 Å². The van der Waals surface area contributed by atoms with Gasteiger partial charge in [0.05, 0.1) is 17.7 Å². The van der Waals surface area contributed by atoms with Gasteiger partial charge in [-0.3, -0.25) is 0 Å². The van der Waals surface area contributed by atoms with Crippen molar-refractivity contribution in [3.63, 3.8) is 0 Å². The molecule has 1 atom stereocenters. The van der Waals surface area contributed by atoms with Crippen LogP contribution in [0.15, 0.2) is 30.5 Å². The summed E-state index contributed by atoms with van der Waals surface area (Å²) in [6, 6.07) is 9.76. The highest BCUT2D eigenvalue weighted by Crippen LogP contribution is 2.24. The second-order valence-corrected chi connectivity index (χ2v) is 5.22. The lowest BCUT2D eigenvalue weighted by Gasteiger charge is -2.12. The molecule has 3 nitrogen and oxygen atoms in total. The van der Waals surface area contributed by atoms with Gasteiger partial charge in [0, 0.05) is 16.8 Å². The van der Waals surface area contributed by atoms with Crippen molar-refractivity contribution in [2.24, 2.45) is 0 Å². The molecule has 0 saturated carbocycles. The van der Waals surface area contributed by atoms with Crippen molar-refractivity contribution >= 4 is 17.0 Å². The lowest BCUT2D eigenvalue weighted by atomic mass is 10.2. The zero-order valence-corrected chi connectivity index (χ0v) is 11.3. The fourth-order valence-corrected chi connectivity index (χ4v) is 2.50. The van der Waals surface area contributed by atoms with Crippen molar-refractivity contribution in [2.45, 2.75) is 26.3 Å². The molecule has 18 heavy (non-hydrogen) atoms. The van der Waals surface area contributed by atoms with E-state index >= 15 is 0 Å². The van der Waals surface area contributed by atoms with Gasteiger partial charge in [-0.25, -0.2) is 4.98 Å². The third-order valence-corrected chi connectivity index (χ3v) is 4.01. The molecule has 1 aromatic carbocycles. The molecule has 1 aromatic heterocycles. The van der Waals surface area contributed by atoms with E-state index in [4.69, 9.17) is 5.26 Å². The molecule has 0 radical (unpaired) electrons. The monoisotopic (exact) mass is 257 g/mol. The van der Waals surface area contributed by atoms with E-state index < -0.39 is 0 Å². The van der Waals surface area contributed by atoms with E-state index in [0.717, 1.165) is 17.1 Å². The number of hydrogen-bond donors (Lipinski definition) is 1. The van der Waals surface area contributed by atoms with Gasteiger partial charge in [-0.15, -0.1) is 11.3 Å². The molecule has 1 unspecified atom stereocenters. The summed E-state index contributed by atoms with van der Waals surface area (Å²) < 4.78 is 0. The van der Waals surface area contributed by atoms with Crippen molar-refractivity contribution in [1.29, 1.82) is 5.26 Å². The Balaban J connectivity index is 2.06. The molecule has 1 heterocycles. The molecule has 2 aromatic rings. The molecule has 92 valence electrons. The third kappa shape index (κ3) is 2.88. The summed E-state index contributed by atoms with van der Waals surface area (Å²) in [5.74, 6) is 0. The number of hydrogen-bond acceptors (Lipinski definition) is 4. The normalized spacial score (nSPS) is 11.8. The largest absolute Gasteiger partial charge is 0.376 e. The van der Waals surface area contributed by atoms with E-state index in [1.54, 1.807) is 11.3 Å². The van der Waals surface area contributed by atoms with E-state index in [9.17, 15) is 0 Å². The summed E-state index contributed by atoms with van der Waals surface area (Å²) in [6.45, 7) is 4.23. The first-order chi connectivity index (χ1) is 8.72. The first kappa shape index (κ1) is 12.6. The summed E-state index contributed by atoms with van der Waals surface area (Å²) in [4.78, 5) is 5.72. The number of aryl methyl sites for hydroxylation is 1. The van der Waals surface area contributed by atoms with Gasteiger partial charge < -0.3 is 5.32 Å². The van der Waals surface area contributed by atoms with Gasteiger partial charge in [0.1, 0.15) is 5.01 Å². The Hall–Kier alpha value is -1.86. The topological polar surface area (TPSA) is 48.7 Å². The van der Waals surface area contributed by atoms with E-state index in [-0.39, 0.29) is 6.04 Å². The van der Waals surface area contributed by atoms with Crippen LogP contribution in [0.5, 0.6) is 0 Å². The van der Waals surface area contributed by atoms with Crippen LogP contribution in [0, 0.1) is 11.3 Å². The zero-order valence-electron chi connectivity index (χ0n) is 10.5. The lowest BCUT2D eigenvalue weighted by Crippen LogP contribution is -2.05. The Bertz CT molecular complexity index is 551. The highest BCUT2D eigenvalue weighted by molar-refractivity contribution is 7.11. The number of rotatable bonds is 4. The Morgan fingerprint density at radius 1 is 1.39 bits per heavy atom. The summed E-state index contributed by atoms with van der Waals surface area (Å²) in [5, 5.41) is 13.2. The molecule has 0 saturated heterocycles. The van der Waals surface area contributed by atoms with E-state index in [0.29, 0.717) is 5.56 Å². The van der Waals surface area contributed by atoms with Gasteiger partial charge in [-0.2, -0.15) is 5.26 Å². The molecule has 0 spiro atoms. The SMILES string of the molecule is CCc1cnc(C(C)Nc2ccc(C#N)cc2)s1. The minimum Gasteiger partial charge on any atom is -0.376 e. The molecule has 0 fully saturated rings. The van der Waals surface area contributed by atoms with Crippen LogP contribution in [-0.2, 0) is 6.42 Å². The molecule has 0 amide bonds. The van der Waals surface area contributed by atoms with Gasteiger partial charge in [0.25, 0.3) is 0 Å². The Labute approximate surface area is 111 Å². The second kappa shape index (κ2) is 5.65. The number of aromatic nitrogens is 1. The molecular formula is C14H15N3S. The van der Waals surface area contributed by atoms with Crippen molar-refractivity contribution in [2.75, 3.05) is 5.32 Å². The highest BCUT2D eigenvalue weighted by Gasteiger charge is 2.09. The van der Waals surface area contributed by atoms with Crippen molar-refractivity contribution in [3.8, 4) is 6.07 Å². The fraction of sp³-hybridized carbons (Fsp3) is 0.286. The summed E-state index contributed by atoms with van der Waals surface area (Å²) in [7, 11) is 0. The lowest BCUT2D eigenvalue weighted by molar-refractivity contribution is 0.869. The first-order valence-electron chi connectivity index (χ1n) is 5.94. The molecule has 0 aliphatic carbocycles. The Morgan fingerprint density at radius 2 is 2.11 bits per heavy atom. The number of nitrogens with zero attached hydrogens (tertiary/aromatic N) is 2. The third-order valence-electron chi connectivity index (χ3n) is 2.69. The Kier molecular flexibility index (Phi) is 3.96. The number of benzene rings is 1. The van der Waals surface area contributed by atoms with E-state index in [1.165, 1.54) is 4.88 Å². The maximum Gasteiger partial charge on any atom is 0.115 e. The molecule has 0 aliphatic heterocycles. The molecule has 1 N–H and O–H groups in total. The number of anilines is 1. The molecule has 0 bridgehead atoms. The Morgan fingerprint density at radius 3 is 2.67 bits per heavy atom. The summed E-state index contributed by atoms with van der Waals surface area (Å²) >= 11 is 1.74. The average Bonchev–Trinajstić information content (AvgIpc) is 2.88. The minimum absolute atomic E-state index is 0.184. The number of nitriles is 1. The quantitative estimate of drug-likeness (QED) is 0.907.